The first kappa shape index (κ1) is 16.4. The van der Waals surface area contributed by atoms with Crippen molar-refractivity contribution in [3.63, 3.8) is 0 Å². The van der Waals surface area contributed by atoms with Gasteiger partial charge >= 0.3 is 0 Å². The third-order valence-corrected chi connectivity index (χ3v) is 4.19. The SMILES string of the molecule is C[C@H](N)C(=O)Nc1ccc(-c2nc3ccccc3s2)cc1.Cl. The van der Waals surface area contributed by atoms with Gasteiger partial charge in [0.05, 0.1) is 16.3 Å². The molecule has 114 valence electrons. The zero-order chi connectivity index (χ0) is 14.8. The summed E-state index contributed by atoms with van der Waals surface area (Å²) in [5.41, 5.74) is 8.31. The van der Waals surface area contributed by atoms with Gasteiger partial charge in [0.1, 0.15) is 5.01 Å². The highest BCUT2D eigenvalue weighted by atomic mass is 35.5. The molecule has 3 rings (SSSR count). The standard InChI is InChI=1S/C16H15N3OS.ClH/c1-10(17)15(20)18-12-8-6-11(7-9-12)16-19-13-4-2-3-5-14(13)21-16;/h2-10H,17H2,1H3,(H,18,20);1H/t10-;/m0./s1. The number of halogens is 1. The maximum Gasteiger partial charge on any atom is 0.240 e. The molecule has 3 aromatic rings. The lowest BCUT2D eigenvalue weighted by atomic mass is 10.2. The molecule has 0 aliphatic heterocycles. The molecule has 2 aromatic carbocycles. The van der Waals surface area contributed by atoms with E-state index in [1.807, 2.05) is 42.5 Å². The zero-order valence-electron chi connectivity index (χ0n) is 11.9. The second-order valence-electron chi connectivity index (χ2n) is 4.84. The van der Waals surface area contributed by atoms with Gasteiger partial charge in [-0.25, -0.2) is 4.98 Å². The number of anilines is 1. The number of rotatable bonds is 3. The lowest BCUT2D eigenvalue weighted by molar-refractivity contribution is -0.117. The largest absolute Gasteiger partial charge is 0.325 e. The number of fused-ring (bicyclic) bond motifs is 1. The number of hydrogen-bond donors (Lipinski definition) is 2. The molecule has 0 saturated carbocycles. The molecule has 22 heavy (non-hydrogen) atoms. The second-order valence-corrected chi connectivity index (χ2v) is 5.87. The van der Waals surface area contributed by atoms with Gasteiger partial charge < -0.3 is 11.1 Å². The Morgan fingerprint density at radius 2 is 1.86 bits per heavy atom. The quantitative estimate of drug-likeness (QED) is 0.768. The average Bonchev–Trinajstić information content (AvgIpc) is 2.91. The number of nitrogens with one attached hydrogen (secondary N) is 1. The minimum atomic E-state index is -0.520. The predicted molar refractivity (Wildman–Crippen MR) is 94.6 cm³/mol. The summed E-state index contributed by atoms with van der Waals surface area (Å²) in [6.45, 7) is 1.66. The van der Waals surface area contributed by atoms with Gasteiger partial charge in [0.15, 0.2) is 0 Å². The molecule has 0 aliphatic carbocycles. The van der Waals surface area contributed by atoms with Gasteiger partial charge in [-0.2, -0.15) is 0 Å². The molecule has 0 bridgehead atoms. The van der Waals surface area contributed by atoms with Gasteiger partial charge in [0.2, 0.25) is 5.91 Å². The average molecular weight is 334 g/mol. The van der Waals surface area contributed by atoms with Crippen molar-refractivity contribution in [3.8, 4) is 10.6 Å². The summed E-state index contributed by atoms with van der Waals surface area (Å²) >= 11 is 1.66. The van der Waals surface area contributed by atoms with E-state index in [4.69, 9.17) is 5.73 Å². The van der Waals surface area contributed by atoms with Crippen LogP contribution in [0.4, 0.5) is 5.69 Å². The van der Waals surface area contributed by atoms with E-state index in [1.54, 1.807) is 18.3 Å². The Morgan fingerprint density at radius 3 is 2.50 bits per heavy atom. The number of benzene rings is 2. The number of para-hydroxylation sites is 1. The van der Waals surface area contributed by atoms with Gasteiger partial charge in [0, 0.05) is 11.3 Å². The smallest absolute Gasteiger partial charge is 0.240 e. The van der Waals surface area contributed by atoms with Crippen LogP contribution in [-0.2, 0) is 4.79 Å². The van der Waals surface area contributed by atoms with E-state index in [1.165, 1.54) is 4.70 Å². The van der Waals surface area contributed by atoms with Crippen molar-refractivity contribution < 1.29 is 4.79 Å². The van der Waals surface area contributed by atoms with Crippen molar-refractivity contribution in [2.75, 3.05) is 5.32 Å². The topological polar surface area (TPSA) is 68.0 Å². The molecule has 0 saturated heterocycles. The lowest BCUT2D eigenvalue weighted by Crippen LogP contribution is -2.32. The number of aromatic nitrogens is 1. The third-order valence-electron chi connectivity index (χ3n) is 3.11. The summed E-state index contributed by atoms with van der Waals surface area (Å²) in [7, 11) is 0. The number of carbonyl (C=O) groups excluding carboxylic acids is 1. The Balaban J connectivity index is 0.00000176. The molecule has 1 aromatic heterocycles. The van der Waals surface area contributed by atoms with Crippen LogP contribution in [0.3, 0.4) is 0 Å². The molecule has 0 radical (unpaired) electrons. The molecule has 6 heteroatoms. The zero-order valence-corrected chi connectivity index (χ0v) is 13.6. The van der Waals surface area contributed by atoms with Gasteiger partial charge in [0.25, 0.3) is 0 Å². The van der Waals surface area contributed by atoms with Crippen molar-refractivity contribution in [1.29, 1.82) is 0 Å². The molecule has 0 aliphatic rings. The lowest BCUT2D eigenvalue weighted by Gasteiger charge is -2.07. The van der Waals surface area contributed by atoms with Gasteiger partial charge in [-0.1, -0.05) is 12.1 Å². The summed E-state index contributed by atoms with van der Waals surface area (Å²) in [4.78, 5) is 16.2. The predicted octanol–water partition coefficient (Wildman–Crippen LogP) is 3.67. The fraction of sp³-hybridized carbons (Fsp3) is 0.125. The number of hydrogen-bond acceptors (Lipinski definition) is 4. The van der Waals surface area contributed by atoms with Crippen molar-refractivity contribution in [1.82, 2.24) is 4.98 Å². The van der Waals surface area contributed by atoms with Crippen LogP contribution in [0.15, 0.2) is 48.5 Å². The number of nitrogens with two attached hydrogens (primary N) is 1. The normalized spacial score (nSPS) is 11.7. The van der Waals surface area contributed by atoms with Gasteiger partial charge in [-0.15, -0.1) is 23.7 Å². The fourth-order valence-electron chi connectivity index (χ4n) is 1.95. The van der Waals surface area contributed by atoms with Crippen molar-refractivity contribution in [3.05, 3.63) is 48.5 Å². The van der Waals surface area contributed by atoms with Crippen LogP contribution in [0, 0.1) is 0 Å². The highest BCUT2D eigenvalue weighted by Crippen LogP contribution is 2.30. The van der Waals surface area contributed by atoms with Crippen LogP contribution in [0.5, 0.6) is 0 Å². The van der Waals surface area contributed by atoms with E-state index in [-0.39, 0.29) is 18.3 Å². The van der Waals surface area contributed by atoms with E-state index in [9.17, 15) is 4.79 Å². The van der Waals surface area contributed by atoms with E-state index in [2.05, 4.69) is 16.4 Å². The Hall–Kier alpha value is -1.95. The fourth-order valence-corrected chi connectivity index (χ4v) is 2.92. The first-order chi connectivity index (χ1) is 10.1. The van der Waals surface area contributed by atoms with Crippen LogP contribution in [-0.4, -0.2) is 16.9 Å². The summed E-state index contributed by atoms with van der Waals surface area (Å²) < 4.78 is 1.17. The maximum atomic E-state index is 11.5. The molecule has 4 nitrogen and oxygen atoms in total. The highest BCUT2D eigenvalue weighted by molar-refractivity contribution is 7.21. The molecular formula is C16H16ClN3OS. The molecule has 0 spiro atoms. The third kappa shape index (κ3) is 3.44. The van der Waals surface area contributed by atoms with Crippen molar-refractivity contribution in [2.45, 2.75) is 13.0 Å². The van der Waals surface area contributed by atoms with Gasteiger partial charge in [-0.3, -0.25) is 4.79 Å². The van der Waals surface area contributed by atoms with Gasteiger partial charge in [-0.05, 0) is 43.3 Å². The Kier molecular flexibility index (Phi) is 5.13. The molecular weight excluding hydrogens is 318 g/mol. The van der Waals surface area contributed by atoms with Crippen LogP contribution in [0.2, 0.25) is 0 Å². The molecule has 1 heterocycles. The first-order valence-electron chi connectivity index (χ1n) is 6.66. The maximum absolute atomic E-state index is 11.5. The molecule has 1 amide bonds. The van der Waals surface area contributed by atoms with Crippen LogP contribution in [0.25, 0.3) is 20.8 Å². The van der Waals surface area contributed by atoms with E-state index < -0.39 is 6.04 Å². The summed E-state index contributed by atoms with van der Waals surface area (Å²) in [6.07, 6.45) is 0. The Morgan fingerprint density at radius 1 is 1.18 bits per heavy atom. The number of amides is 1. The highest BCUT2D eigenvalue weighted by Gasteiger charge is 2.09. The molecule has 3 N–H and O–H groups in total. The monoisotopic (exact) mass is 333 g/mol. The molecule has 1 atom stereocenters. The number of nitrogens with zero attached hydrogens (tertiary/aromatic N) is 1. The molecule has 0 fully saturated rings. The summed E-state index contributed by atoms with van der Waals surface area (Å²) in [5, 5.41) is 3.74. The Labute approximate surface area is 138 Å². The van der Waals surface area contributed by atoms with Crippen molar-refractivity contribution >= 4 is 45.6 Å². The van der Waals surface area contributed by atoms with E-state index in [0.29, 0.717) is 0 Å². The van der Waals surface area contributed by atoms with E-state index >= 15 is 0 Å². The van der Waals surface area contributed by atoms with Crippen molar-refractivity contribution in [2.24, 2.45) is 5.73 Å². The van der Waals surface area contributed by atoms with Crippen LogP contribution < -0.4 is 11.1 Å². The summed E-state index contributed by atoms with van der Waals surface area (Å²) in [6, 6.07) is 15.2. The van der Waals surface area contributed by atoms with Crippen LogP contribution in [0.1, 0.15) is 6.92 Å². The van der Waals surface area contributed by atoms with E-state index in [0.717, 1.165) is 21.8 Å². The summed E-state index contributed by atoms with van der Waals surface area (Å²) in [5.74, 6) is -0.192. The number of thiazole rings is 1. The minimum Gasteiger partial charge on any atom is -0.325 e. The first-order valence-corrected chi connectivity index (χ1v) is 7.47. The minimum absolute atomic E-state index is 0. The number of carbonyl (C=O) groups is 1. The Bertz CT molecular complexity index is 750. The molecule has 0 unspecified atom stereocenters. The van der Waals surface area contributed by atoms with Crippen LogP contribution >= 0.6 is 23.7 Å². The second kappa shape index (κ2) is 6.87.